The molecule has 0 unspecified atom stereocenters. The Balaban J connectivity index is 1.54. The van der Waals surface area contributed by atoms with Crippen LogP contribution >= 0.6 is 0 Å². The lowest BCUT2D eigenvalue weighted by Crippen LogP contribution is -2.67. The van der Waals surface area contributed by atoms with Gasteiger partial charge in [-0.3, -0.25) is 0 Å². The fourth-order valence-electron chi connectivity index (χ4n) is 5.91. The zero-order valence-electron chi connectivity index (χ0n) is 24.6. The van der Waals surface area contributed by atoms with Crippen molar-refractivity contribution < 1.29 is 18.6 Å². The first-order valence-corrected chi connectivity index (χ1v) is 16.1. The molecule has 4 aromatic carbocycles. The van der Waals surface area contributed by atoms with Crippen LogP contribution < -0.4 is 19.8 Å². The van der Waals surface area contributed by atoms with Crippen LogP contribution in [-0.4, -0.2) is 35.2 Å². The van der Waals surface area contributed by atoms with E-state index < -0.39 is 8.32 Å². The molecule has 212 valence electrons. The number of ether oxygens (including phenoxy) is 3. The van der Waals surface area contributed by atoms with E-state index in [2.05, 4.69) is 118 Å². The second-order valence-electron chi connectivity index (χ2n) is 11.5. The van der Waals surface area contributed by atoms with Crippen LogP contribution in [-0.2, 0) is 9.16 Å². The first kappa shape index (κ1) is 28.9. The van der Waals surface area contributed by atoms with Crippen molar-refractivity contribution in [1.29, 1.82) is 0 Å². The molecule has 0 saturated carbocycles. The Morgan fingerprint density at radius 3 is 1.59 bits per heavy atom. The number of methoxy groups -OCH3 is 2. The van der Waals surface area contributed by atoms with E-state index >= 15 is 0 Å². The highest BCUT2D eigenvalue weighted by Crippen LogP contribution is 2.40. The number of hydrogen-bond donors (Lipinski definition) is 0. The molecule has 4 nitrogen and oxygen atoms in total. The SMILES string of the molecule is COc1ccc([C@H]2C=C[C@H](c3ccc(OC)cc3)O[C@@H]2CO[Si](c2ccccc2)(c2ccccc2)C(C)(C)C)cc1. The molecule has 5 rings (SSSR count). The summed E-state index contributed by atoms with van der Waals surface area (Å²) >= 11 is 0. The maximum atomic E-state index is 7.36. The van der Waals surface area contributed by atoms with Gasteiger partial charge in [-0.25, -0.2) is 0 Å². The minimum atomic E-state index is -2.73. The van der Waals surface area contributed by atoms with Crippen molar-refractivity contribution >= 4 is 18.7 Å². The topological polar surface area (TPSA) is 36.9 Å². The minimum Gasteiger partial charge on any atom is -0.497 e. The maximum absolute atomic E-state index is 7.36. The van der Waals surface area contributed by atoms with Gasteiger partial charge in [-0.2, -0.15) is 0 Å². The predicted molar refractivity (Wildman–Crippen MR) is 169 cm³/mol. The quantitative estimate of drug-likeness (QED) is 0.161. The lowest BCUT2D eigenvalue weighted by molar-refractivity contribution is -0.0320. The highest BCUT2D eigenvalue weighted by Gasteiger charge is 2.50. The summed E-state index contributed by atoms with van der Waals surface area (Å²) in [7, 11) is 0.644. The van der Waals surface area contributed by atoms with E-state index in [9.17, 15) is 0 Å². The van der Waals surface area contributed by atoms with E-state index in [0.717, 1.165) is 17.1 Å². The molecule has 4 aromatic rings. The van der Waals surface area contributed by atoms with Gasteiger partial charge in [0.25, 0.3) is 8.32 Å². The summed E-state index contributed by atoms with van der Waals surface area (Å²) in [6.07, 6.45) is 4.07. The van der Waals surface area contributed by atoms with Crippen LogP contribution in [0, 0.1) is 0 Å². The number of rotatable bonds is 9. The molecule has 0 aromatic heterocycles. The van der Waals surface area contributed by atoms with Gasteiger partial charge < -0.3 is 18.6 Å². The molecule has 1 aliphatic rings. The Hall–Kier alpha value is -3.64. The minimum absolute atomic E-state index is 0.0358. The van der Waals surface area contributed by atoms with Crippen LogP contribution in [0.2, 0.25) is 5.04 Å². The lowest BCUT2D eigenvalue weighted by Gasteiger charge is -2.44. The summed E-state index contributed by atoms with van der Waals surface area (Å²) in [6.45, 7) is 7.38. The summed E-state index contributed by atoms with van der Waals surface area (Å²) in [5, 5.41) is 2.40. The predicted octanol–water partition coefficient (Wildman–Crippen LogP) is 7.06. The van der Waals surface area contributed by atoms with Gasteiger partial charge in [0.2, 0.25) is 0 Å². The molecule has 0 saturated heterocycles. The van der Waals surface area contributed by atoms with Crippen molar-refractivity contribution in [2.75, 3.05) is 20.8 Å². The van der Waals surface area contributed by atoms with E-state index in [1.54, 1.807) is 14.2 Å². The molecule has 1 aliphatic heterocycles. The normalized spacial score (nSPS) is 19.1. The van der Waals surface area contributed by atoms with Crippen LogP contribution in [0.15, 0.2) is 121 Å². The first-order chi connectivity index (χ1) is 19.9. The fraction of sp³-hybridized carbons (Fsp3) is 0.278. The largest absolute Gasteiger partial charge is 0.497 e. The van der Waals surface area contributed by atoms with E-state index in [1.807, 2.05) is 24.3 Å². The smallest absolute Gasteiger partial charge is 0.261 e. The maximum Gasteiger partial charge on any atom is 0.261 e. The van der Waals surface area contributed by atoms with Gasteiger partial charge in [0.05, 0.1) is 26.9 Å². The van der Waals surface area contributed by atoms with Crippen LogP contribution in [0.1, 0.15) is 43.9 Å². The highest BCUT2D eigenvalue weighted by atomic mass is 28.4. The molecule has 0 fully saturated rings. The van der Waals surface area contributed by atoms with Crippen LogP contribution in [0.5, 0.6) is 11.5 Å². The Labute approximate surface area is 245 Å². The highest BCUT2D eigenvalue weighted by molar-refractivity contribution is 6.99. The fourth-order valence-corrected chi connectivity index (χ4v) is 10.5. The molecule has 0 bridgehead atoms. The summed E-state index contributed by atoms with van der Waals surface area (Å²) in [5.74, 6) is 1.70. The van der Waals surface area contributed by atoms with Crippen molar-refractivity contribution in [3.8, 4) is 11.5 Å². The van der Waals surface area contributed by atoms with Gasteiger partial charge in [0.15, 0.2) is 0 Å². The molecule has 0 amide bonds. The average molecular weight is 565 g/mol. The third-order valence-electron chi connectivity index (χ3n) is 8.04. The summed E-state index contributed by atoms with van der Waals surface area (Å²) < 4.78 is 25.1. The molecule has 3 atom stereocenters. The van der Waals surface area contributed by atoms with Crippen LogP contribution in [0.4, 0.5) is 0 Å². The van der Waals surface area contributed by atoms with Crippen molar-refractivity contribution in [2.45, 2.75) is 43.9 Å². The average Bonchev–Trinajstić information content (AvgIpc) is 3.02. The first-order valence-electron chi connectivity index (χ1n) is 14.2. The van der Waals surface area contributed by atoms with Crippen LogP contribution in [0.25, 0.3) is 0 Å². The van der Waals surface area contributed by atoms with Gasteiger partial charge in [0.1, 0.15) is 17.6 Å². The van der Waals surface area contributed by atoms with Gasteiger partial charge >= 0.3 is 0 Å². The zero-order valence-corrected chi connectivity index (χ0v) is 25.6. The van der Waals surface area contributed by atoms with Crippen molar-refractivity contribution in [3.63, 3.8) is 0 Å². The molecular weight excluding hydrogens is 524 g/mol. The molecule has 0 spiro atoms. The Bertz CT molecular complexity index is 1370. The summed E-state index contributed by atoms with van der Waals surface area (Å²) in [6, 6.07) is 37.9. The molecule has 0 radical (unpaired) electrons. The van der Waals surface area contributed by atoms with E-state index in [1.165, 1.54) is 15.9 Å². The van der Waals surface area contributed by atoms with Gasteiger partial charge in [-0.05, 0) is 50.8 Å². The third-order valence-corrected chi connectivity index (χ3v) is 13.0. The molecule has 5 heteroatoms. The van der Waals surface area contributed by atoms with E-state index in [0.29, 0.717) is 6.61 Å². The second kappa shape index (κ2) is 12.5. The van der Waals surface area contributed by atoms with Crippen molar-refractivity contribution in [1.82, 2.24) is 0 Å². The summed E-state index contributed by atoms with van der Waals surface area (Å²) in [4.78, 5) is 0. The number of benzene rings is 4. The second-order valence-corrected chi connectivity index (χ2v) is 15.8. The molecule has 41 heavy (non-hydrogen) atoms. The summed E-state index contributed by atoms with van der Waals surface area (Å²) in [5.41, 5.74) is 2.26. The van der Waals surface area contributed by atoms with Crippen LogP contribution in [0.3, 0.4) is 0 Å². The molecule has 1 heterocycles. The number of hydrogen-bond acceptors (Lipinski definition) is 4. The molecular formula is C36H40O4Si. The van der Waals surface area contributed by atoms with Gasteiger partial charge in [-0.15, -0.1) is 0 Å². The monoisotopic (exact) mass is 564 g/mol. The Morgan fingerprint density at radius 1 is 0.634 bits per heavy atom. The van der Waals surface area contributed by atoms with E-state index in [4.69, 9.17) is 18.6 Å². The Kier molecular flexibility index (Phi) is 8.79. The Morgan fingerprint density at radius 2 is 1.12 bits per heavy atom. The van der Waals surface area contributed by atoms with E-state index in [-0.39, 0.29) is 23.2 Å². The third kappa shape index (κ3) is 6.03. The van der Waals surface area contributed by atoms with Crippen molar-refractivity contribution in [3.05, 3.63) is 132 Å². The zero-order chi connectivity index (χ0) is 28.9. The van der Waals surface area contributed by atoms with Crippen molar-refractivity contribution in [2.24, 2.45) is 0 Å². The standard InChI is InChI=1S/C36H40O4Si/c1-36(2,3)41(31-12-8-6-9-13-31,32-14-10-7-11-15-32)39-26-35-33(27-16-20-29(37-4)21-17-27)24-25-34(40-35)28-18-22-30(38-5)23-19-28/h6-25,33-35H,26H2,1-5H3/t33-,34-,35-/m1/s1. The molecule has 0 aliphatic carbocycles. The lowest BCUT2D eigenvalue weighted by atomic mass is 9.89. The van der Waals surface area contributed by atoms with Gasteiger partial charge in [-0.1, -0.05) is 118 Å². The van der Waals surface area contributed by atoms with Gasteiger partial charge in [0, 0.05) is 5.92 Å². The molecule has 0 N–H and O–H groups in total.